The Morgan fingerprint density at radius 1 is 0.806 bits per heavy atom. The average Bonchev–Trinajstić information content (AvgIpc) is 2.75. The van der Waals surface area contributed by atoms with Gasteiger partial charge in [0.25, 0.3) is 15.9 Å². The molecule has 8 heteroatoms. The largest absolute Gasteiger partial charge is 0.465 e. The standard InChI is InChI=1S/C23H22N2O5S/c1-15-4-10-20(11-5-15)25-31(28,29)21-14-18(7-6-16(21)2)22(26)24-19-12-8-17(9-13-19)23(27)30-3/h4-14,25H,1-3H3,(H,24,26). The van der Waals surface area contributed by atoms with Crippen LogP contribution in [0, 0.1) is 13.8 Å². The van der Waals surface area contributed by atoms with Crippen molar-refractivity contribution in [2.75, 3.05) is 17.1 Å². The number of aryl methyl sites for hydroxylation is 2. The fourth-order valence-electron chi connectivity index (χ4n) is 2.87. The van der Waals surface area contributed by atoms with Gasteiger partial charge in [0.15, 0.2) is 0 Å². The lowest BCUT2D eigenvalue weighted by atomic mass is 10.1. The first kappa shape index (κ1) is 22.0. The molecule has 0 aliphatic carbocycles. The number of benzene rings is 3. The van der Waals surface area contributed by atoms with E-state index in [4.69, 9.17) is 0 Å². The topological polar surface area (TPSA) is 102 Å². The van der Waals surface area contributed by atoms with Crippen LogP contribution < -0.4 is 10.0 Å². The van der Waals surface area contributed by atoms with E-state index in [1.54, 1.807) is 55.5 Å². The Bertz CT molecular complexity index is 1220. The highest BCUT2D eigenvalue weighted by Crippen LogP contribution is 2.22. The second-order valence-electron chi connectivity index (χ2n) is 6.97. The number of carbonyl (C=O) groups is 2. The predicted molar refractivity (Wildman–Crippen MR) is 119 cm³/mol. The van der Waals surface area contributed by atoms with E-state index in [0.29, 0.717) is 22.5 Å². The summed E-state index contributed by atoms with van der Waals surface area (Å²) in [5, 5.41) is 2.69. The third kappa shape index (κ3) is 5.29. The lowest BCUT2D eigenvalue weighted by molar-refractivity contribution is 0.0600. The zero-order valence-corrected chi connectivity index (χ0v) is 18.1. The Morgan fingerprint density at radius 2 is 1.39 bits per heavy atom. The van der Waals surface area contributed by atoms with Gasteiger partial charge in [-0.05, 0) is 67.9 Å². The summed E-state index contributed by atoms with van der Waals surface area (Å²) >= 11 is 0. The molecule has 0 saturated carbocycles. The first-order valence-corrected chi connectivity index (χ1v) is 10.9. The molecule has 1 amide bonds. The highest BCUT2D eigenvalue weighted by atomic mass is 32.2. The molecule has 2 N–H and O–H groups in total. The molecule has 3 rings (SSSR count). The minimum Gasteiger partial charge on any atom is -0.465 e. The van der Waals surface area contributed by atoms with E-state index in [1.165, 1.54) is 25.3 Å². The van der Waals surface area contributed by atoms with Crippen LogP contribution >= 0.6 is 0 Å². The molecule has 0 radical (unpaired) electrons. The van der Waals surface area contributed by atoms with E-state index in [0.717, 1.165) is 5.56 Å². The summed E-state index contributed by atoms with van der Waals surface area (Å²) < 4.78 is 32.9. The Morgan fingerprint density at radius 3 is 2.00 bits per heavy atom. The molecule has 3 aromatic rings. The van der Waals surface area contributed by atoms with E-state index in [1.807, 2.05) is 6.92 Å². The maximum Gasteiger partial charge on any atom is 0.337 e. The Kier molecular flexibility index (Phi) is 6.41. The van der Waals surface area contributed by atoms with Crippen molar-refractivity contribution in [1.82, 2.24) is 0 Å². The van der Waals surface area contributed by atoms with E-state index < -0.39 is 21.9 Å². The molecule has 0 aliphatic rings. The molecule has 0 bridgehead atoms. The summed E-state index contributed by atoms with van der Waals surface area (Å²) in [4.78, 5) is 24.2. The van der Waals surface area contributed by atoms with Crippen LogP contribution in [0.3, 0.4) is 0 Å². The minimum atomic E-state index is -3.89. The molecule has 7 nitrogen and oxygen atoms in total. The summed E-state index contributed by atoms with van der Waals surface area (Å²) in [5.74, 6) is -0.954. The lowest BCUT2D eigenvalue weighted by Gasteiger charge is -2.12. The normalized spacial score (nSPS) is 10.9. The Labute approximate surface area is 181 Å². The van der Waals surface area contributed by atoms with Crippen LogP contribution in [0.25, 0.3) is 0 Å². The van der Waals surface area contributed by atoms with Crippen LogP contribution in [0.1, 0.15) is 31.8 Å². The van der Waals surface area contributed by atoms with E-state index in [2.05, 4.69) is 14.8 Å². The Hall–Kier alpha value is -3.65. The van der Waals surface area contributed by atoms with Crippen molar-refractivity contribution >= 4 is 33.3 Å². The maximum atomic E-state index is 12.9. The van der Waals surface area contributed by atoms with Gasteiger partial charge in [-0.2, -0.15) is 0 Å². The minimum absolute atomic E-state index is 0.0155. The van der Waals surface area contributed by atoms with Crippen LogP contribution in [0.5, 0.6) is 0 Å². The van der Waals surface area contributed by atoms with Gasteiger partial charge in [0, 0.05) is 16.9 Å². The van der Waals surface area contributed by atoms with Crippen LogP contribution in [0.2, 0.25) is 0 Å². The monoisotopic (exact) mass is 438 g/mol. The van der Waals surface area contributed by atoms with Crippen LogP contribution in [-0.4, -0.2) is 27.4 Å². The number of esters is 1. The number of carbonyl (C=O) groups excluding carboxylic acids is 2. The van der Waals surface area contributed by atoms with Crippen LogP contribution in [-0.2, 0) is 14.8 Å². The van der Waals surface area contributed by atoms with Gasteiger partial charge in [-0.15, -0.1) is 0 Å². The molecule has 31 heavy (non-hydrogen) atoms. The van der Waals surface area contributed by atoms with Crippen molar-refractivity contribution < 1.29 is 22.7 Å². The van der Waals surface area contributed by atoms with Crippen molar-refractivity contribution in [3.63, 3.8) is 0 Å². The van der Waals surface area contributed by atoms with Crippen molar-refractivity contribution in [3.05, 3.63) is 89.0 Å². The van der Waals surface area contributed by atoms with Gasteiger partial charge in [-0.3, -0.25) is 9.52 Å². The zero-order chi connectivity index (χ0) is 22.6. The summed E-state index contributed by atoms with van der Waals surface area (Å²) in [6.45, 7) is 3.57. The van der Waals surface area contributed by atoms with Gasteiger partial charge < -0.3 is 10.1 Å². The maximum absolute atomic E-state index is 12.9. The van der Waals surface area contributed by atoms with Gasteiger partial charge >= 0.3 is 5.97 Å². The zero-order valence-electron chi connectivity index (χ0n) is 17.3. The van der Waals surface area contributed by atoms with Crippen molar-refractivity contribution in [3.8, 4) is 0 Å². The molecular weight excluding hydrogens is 416 g/mol. The molecule has 0 atom stereocenters. The number of hydrogen-bond donors (Lipinski definition) is 2. The lowest BCUT2D eigenvalue weighted by Crippen LogP contribution is -2.17. The fraction of sp³-hybridized carbons (Fsp3) is 0.130. The third-order valence-electron chi connectivity index (χ3n) is 4.61. The molecular formula is C23H22N2O5S. The van der Waals surface area contributed by atoms with Crippen molar-refractivity contribution in [2.45, 2.75) is 18.7 Å². The molecule has 0 heterocycles. The number of rotatable bonds is 6. The van der Waals surface area contributed by atoms with Crippen LogP contribution in [0.4, 0.5) is 11.4 Å². The summed E-state index contributed by atoms with van der Waals surface area (Å²) in [6, 6.07) is 17.6. The summed E-state index contributed by atoms with van der Waals surface area (Å²) in [6.07, 6.45) is 0. The van der Waals surface area contributed by atoms with Gasteiger partial charge in [-0.1, -0.05) is 23.8 Å². The number of ether oxygens (including phenoxy) is 1. The quantitative estimate of drug-likeness (QED) is 0.563. The first-order valence-electron chi connectivity index (χ1n) is 9.39. The predicted octanol–water partition coefficient (Wildman–Crippen LogP) is 4.14. The average molecular weight is 439 g/mol. The number of anilines is 2. The summed E-state index contributed by atoms with van der Waals surface area (Å²) in [5.41, 5.74) is 2.96. The highest BCUT2D eigenvalue weighted by Gasteiger charge is 2.19. The number of sulfonamides is 1. The van der Waals surface area contributed by atoms with Crippen molar-refractivity contribution in [2.24, 2.45) is 0 Å². The van der Waals surface area contributed by atoms with Gasteiger partial charge in [0.05, 0.1) is 17.6 Å². The number of nitrogens with one attached hydrogen (secondary N) is 2. The number of methoxy groups -OCH3 is 1. The van der Waals surface area contributed by atoms with Crippen molar-refractivity contribution in [1.29, 1.82) is 0 Å². The van der Waals surface area contributed by atoms with E-state index in [-0.39, 0.29) is 10.5 Å². The van der Waals surface area contributed by atoms with Gasteiger partial charge in [0.2, 0.25) is 0 Å². The molecule has 0 saturated heterocycles. The van der Waals surface area contributed by atoms with Gasteiger partial charge in [-0.25, -0.2) is 13.2 Å². The smallest absolute Gasteiger partial charge is 0.337 e. The fourth-order valence-corrected chi connectivity index (χ4v) is 4.20. The second kappa shape index (κ2) is 9.01. The first-order chi connectivity index (χ1) is 14.7. The SMILES string of the molecule is COC(=O)c1ccc(NC(=O)c2ccc(C)c(S(=O)(=O)Nc3ccc(C)cc3)c2)cc1. The molecule has 0 aromatic heterocycles. The summed E-state index contributed by atoms with van der Waals surface area (Å²) in [7, 11) is -2.60. The van der Waals surface area contributed by atoms with Gasteiger partial charge in [0.1, 0.15) is 0 Å². The van der Waals surface area contributed by atoms with E-state index >= 15 is 0 Å². The molecule has 160 valence electrons. The highest BCUT2D eigenvalue weighted by molar-refractivity contribution is 7.92. The second-order valence-corrected chi connectivity index (χ2v) is 8.63. The third-order valence-corrected chi connectivity index (χ3v) is 6.13. The molecule has 0 fully saturated rings. The Balaban J connectivity index is 1.81. The number of amides is 1. The molecule has 0 spiro atoms. The molecule has 0 aliphatic heterocycles. The van der Waals surface area contributed by atoms with Crippen LogP contribution in [0.15, 0.2) is 71.6 Å². The molecule has 0 unspecified atom stereocenters. The van der Waals surface area contributed by atoms with E-state index in [9.17, 15) is 18.0 Å². The number of hydrogen-bond acceptors (Lipinski definition) is 5. The molecule has 3 aromatic carbocycles.